The molecule has 3 aromatic rings. The first-order chi connectivity index (χ1) is 15.1. The van der Waals surface area contributed by atoms with E-state index in [-0.39, 0.29) is 17.0 Å². The highest BCUT2D eigenvalue weighted by atomic mass is 28.4. The predicted octanol–water partition coefficient (Wildman–Crippen LogP) is 5.72. The number of hydrogen-bond donors (Lipinski definition) is 1. The third-order valence-corrected chi connectivity index (χ3v) is 11.0. The van der Waals surface area contributed by atoms with Crippen molar-refractivity contribution in [3.05, 3.63) is 42.3 Å². The van der Waals surface area contributed by atoms with Crippen molar-refractivity contribution >= 4 is 25.6 Å². The summed E-state index contributed by atoms with van der Waals surface area (Å²) in [6, 6.07) is 8.26. The van der Waals surface area contributed by atoms with Crippen LogP contribution in [0.25, 0.3) is 5.65 Å². The average Bonchev–Trinajstić information content (AvgIpc) is 3.14. The summed E-state index contributed by atoms with van der Waals surface area (Å²) in [5.41, 5.74) is 1.34. The van der Waals surface area contributed by atoms with Gasteiger partial charge in [-0.3, -0.25) is 0 Å². The molecule has 1 aliphatic rings. The van der Waals surface area contributed by atoms with E-state index in [1.54, 1.807) is 28.9 Å². The molecule has 0 atom stereocenters. The van der Waals surface area contributed by atoms with Crippen LogP contribution in [0.1, 0.15) is 46.5 Å². The summed E-state index contributed by atoms with van der Waals surface area (Å²) < 4.78 is 27.5. The fraction of sp³-hybridized carbons (Fsp3) is 0.522. The van der Waals surface area contributed by atoms with Gasteiger partial charge in [-0.25, -0.2) is 9.37 Å². The van der Waals surface area contributed by atoms with Gasteiger partial charge in [0.05, 0.1) is 0 Å². The minimum atomic E-state index is -1.76. The first-order valence-corrected chi connectivity index (χ1v) is 14.1. The van der Waals surface area contributed by atoms with Gasteiger partial charge in [-0.1, -0.05) is 20.8 Å². The Morgan fingerprint density at radius 1 is 1.03 bits per heavy atom. The largest absolute Gasteiger partial charge is 0.460 e. The van der Waals surface area contributed by atoms with Crippen molar-refractivity contribution in [2.45, 2.75) is 76.8 Å². The summed E-state index contributed by atoms with van der Waals surface area (Å²) in [5, 5.41) is 7.78. The highest BCUT2D eigenvalue weighted by Gasteiger charge is 2.40. The van der Waals surface area contributed by atoms with Crippen LogP contribution >= 0.6 is 0 Å². The third kappa shape index (κ3) is 5.10. The molecular formula is C23H32FN5O2Si. The van der Waals surface area contributed by atoms with Crippen molar-refractivity contribution < 1.29 is 13.6 Å². The summed E-state index contributed by atoms with van der Waals surface area (Å²) in [4.78, 5) is 8.85. The molecule has 0 radical (unpaired) electrons. The molecule has 1 aromatic carbocycles. The average molecular weight is 458 g/mol. The van der Waals surface area contributed by atoms with E-state index < -0.39 is 8.32 Å². The highest BCUT2D eigenvalue weighted by molar-refractivity contribution is 6.74. The van der Waals surface area contributed by atoms with Gasteiger partial charge in [0.2, 0.25) is 5.95 Å². The van der Waals surface area contributed by atoms with Crippen LogP contribution in [0.5, 0.6) is 6.01 Å². The van der Waals surface area contributed by atoms with Gasteiger partial charge in [0.1, 0.15) is 11.9 Å². The zero-order valence-electron chi connectivity index (χ0n) is 19.4. The van der Waals surface area contributed by atoms with Gasteiger partial charge in [-0.2, -0.15) is 9.50 Å². The maximum Gasteiger partial charge on any atom is 0.319 e. The second-order valence-electron chi connectivity index (χ2n) is 9.96. The minimum absolute atomic E-state index is 0.0741. The molecule has 1 fully saturated rings. The Morgan fingerprint density at radius 3 is 2.34 bits per heavy atom. The minimum Gasteiger partial charge on any atom is -0.460 e. The number of anilines is 2. The molecule has 9 heteroatoms. The normalized spacial score (nSPS) is 19.8. The molecule has 0 bridgehead atoms. The number of rotatable bonds is 6. The second kappa shape index (κ2) is 8.78. The van der Waals surface area contributed by atoms with Crippen molar-refractivity contribution in [2.24, 2.45) is 0 Å². The summed E-state index contributed by atoms with van der Waals surface area (Å²) in [6.45, 7) is 11.4. The number of hydrogen-bond acceptors (Lipinski definition) is 6. The molecule has 0 saturated heterocycles. The van der Waals surface area contributed by atoms with Gasteiger partial charge in [-0.05, 0) is 68.1 Å². The standard InChI is InChI=1S/C23H32FN5O2Si/c1-23(2,3)32(4,5)31-19-12-10-18(11-13-19)30-22-25-15-14-20-27-21(28-29(20)22)26-17-8-6-16(24)7-9-17/h6-9,14-15,18-19H,10-13H2,1-5H3,(H,26,28). The number of fused-ring (bicyclic) bond motifs is 1. The first-order valence-electron chi connectivity index (χ1n) is 11.2. The molecule has 1 aliphatic carbocycles. The Balaban J connectivity index is 1.39. The fourth-order valence-corrected chi connectivity index (χ4v) is 5.02. The fourth-order valence-electron chi connectivity index (χ4n) is 3.60. The second-order valence-corrected chi connectivity index (χ2v) is 14.7. The molecule has 7 nitrogen and oxygen atoms in total. The molecule has 4 rings (SSSR count). The van der Waals surface area contributed by atoms with E-state index in [0.717, 1.165) is 25.7 Å². The number of halogens is 1. The summed E-state index contributed by atoms with van der Waals surface area (Å²) in [7, 11) is -1.76. The van der Waals surface area contributed by atoms with Crippen molar-refractivity contribution in [1.29, 1.82) is 0 Å². The maximum absolute atomic E-state index is 13.1. The van der Waals surface area contributed by atoms with Gasteiger partial charge in [-0.15, -0.1) is 5.10 Å². The van der Waals surface area contributed by atoms with E-state index >= 15 is 0 Å². The predicted molar refractivity (Wildman–Crippen MR) is 125 cm³/mol. The zero-order valence-corrected chi connectivity index (χ0v) is 20.4. The lowest BCUT2D eigenvalue weighted by atomic mass is 9.95. The molecule has 2 heterocycles. The number of benzene rings is 1. The van der Waals surface area contributed by atoms with Gasteiger partial charge < -0.3 is 14.5 Å². The molecule has 1 N–H and O–H groups in total. The maximum atomic E-state index is 13.1. The monoisotopic (exact) mass is 457 g/mol. The number of aromatic nitrogens is 4. The molecular weight excluding hydrogens is 425 g/mol. The molecule has 2 aromatic heterocycles. The smallest absolute Gasteiger partial charge is 0.319 e. The number of ether oxygens (including phenoxy) is 1. The quantitative estimate of drug-likeness (QED) is 0.477. The summed E-state index contributed by atoms with van der Waals surface area (Å²) in [6.07, 6.45) is 5.87. The van der Waals surface area contributed by atoms with Crippen molar-refractivity contribution in [2.75, 3.05) is 5.32 Å². The van der Waals surface area contributed by atoms with E-state index in [4.69, 9.17) is 9.16 Å². The summed E-state index contributed by atoms with van der Waals surface area (Å²) >= 11 is 0. The van der Waals surface area contributed by atoms with Crippen LogP contribution in [-0.2, 0) is 4.43 Å². The topological polar surface area (TPSA) is 73.6 Å². The molecule has 0 aliphatic heterocycles. The highest BCUT2D eigenvalue weighted by Crippen LogP contribution is 2.39. The molecule has 0 amide bonds. The van der Waals surface area contributed by atoms with Crippen LogP contribution in [0.2, 0.25) is 18.1 Å². The Morgan fingerprint density at radius 2 is 1.69 bits per heavy atom. The van der Waals surface area contributed by atoms with Crippen LogP contribution in [0, 0.1) is 5.82 Å². The van der Waals surface area contributed by atoms with Crippen LogP contribution in [0.15, 0.2) is 36.5 Å². The Kier molecular flexibility index (Phi) is 6.22. The van der Waals surface area contributed by atoms with E-state index in [0.29, 0.717) is 29.4 Å². The first kappa shape index (κ1) is 22.7. The van der Waals surface area contributed by atoms with Crippen LogP contribution in [0.4, 0.5) is 16.0 Å². The van der Waals surface area contributed by atoms with E-state index in [1.165, 1.54) is 12.1 Å². The molecule has 0 spiro atoms. The van der Waals surface area contributed by atoms with Crippen molar-refractivity contribution in [1.82, 2.24) is 19.6 Å². The van der Waals surface area contributed by atoms with Crippen molar-refractivity contribution in [3.63, 3.8) is 0 Å². The van der Waals surface area contributed by atoms with Crippen LogP contribution in [0.3, 0.4) is 0 Å². The lowest BCUT2D eigenvalue weighted by molar-refractivity contribution is 0.0661. The SMILES string of the molecule is CC(C)(C)[Si](C)(C)OC1CCC(Oc2nccc3nc(Nc4ccc(F)cc4)nn23)CC1. The summed E-state index contributed by atoms with van der Waals surface area (Å²) in [5.74, 6) is 0.115. The molecule has 1 saturated carbocycles. The van der Waals surface area contributed by atoms with E-state index in [1.807, 2.05) is 0 Å². The lowest BCUT2D eigenvalue weighted by Crippen LogP contribution is -2.45. The molecule has 0 unspecified atom stereocenters. The van der Waals surface area contributed by atoms with Gasteiger partial charge in [0.15, 0.2) is 14.0 Å². The third-order valence-electron chi connectivity index (χ3n) is 6.48. The molecule has 32 heavy (non-hydrogen) atoms. The van der Waals surface area contributed by atoms with Crippen LogP contribution in [-0.4, -0.2) is 40.1 Å². The Labute approximate surface area is 189 Å². The van der Waals surface area contributed by atoms with Crippen LogP contribution < -0.4 is 10.1 Å². The lowest BCUT2D eigenvalue weighted by Gasteiger charge is -2.41. The Bertz CT molecular complexity index is 1060. The van der Waals surface area contributed by atoms with Crippen molar-refractivity contribution in [3.8, 4) is 6.01 Å². The number of nitrogens with zero attached hydrogens (tertiary/aromatic N) is 4. The number of nitrogens with one attached hydrogen (secondary N) is 1. The van der Waals surface area contributed by atoms with Gasteiger partial charge in [0.25, 0.3) is 0 Å². The Hall–Kier alpha value is -2.52. The molecule has 172 valence electrons. The van der Waals surface area contributed by atoms with E-state index in [2.05, 4.69) is 54.2 Å². The van der Waals surface area contributed by atoms with E-state index in [9.17, 15) is 4.39 Å². The van der Waals surface area contributed by atoms with Gasteiger partial charge >= 0.3 is 6.01 Å². The zero-order chi connectivity index (χ0) is 22.9. The van der Waals surface area contributed by atoms with Gasteiger partial charge in [0, 0.05) is 24.1 Å².